The second kappa shape index (κ2) is 6.86. The van der Waals surface area contributed by atoms with Crippen LogP contribution in [0.5, 0.6) is 0 Å². The SMILES string of the molecule is CC(=NCCCCl)C1N=C(c2ccc(Cl)cc2)OC1=O. The van der Waals surface area contributed by atoms with Gasteiger partial charge in [0.2, 0.25) is 5.90 Å². The second-order valence-corrected chi connectivity index (χ2v) is 5.14. The lowest BCUT2D eigenvalue weighted by Gasteiger charge is -2.02. The van der Waals surface area contributed by atoms with Crippen LogP contribution in [0.15, 0.2) is 34.3 Å². The summed E-state index contributed by atoms with van der Waals surface area (Å²) in [5.74, 6) is 0.455. The Hall–Kier alpha value is -1.39. The Balaban J connectivity index is 2.14. The number of carbonyl (C=O) groups excluding carboxylic acids is 1. The van der Waals surface area contributed by atoms with Crippen molar-refractivity contribution in [3.8, 4) is 0 Å². The van der Waals surface area contributed by atoms with Crippen molar-refractivity contribution in [2.45, 2.75) is 19.4 Å². The summed E-state index contributed by atoms with van der Waals surface area (Å²) in [4.78, 5) is 20.4. The molecule has 0 saturated heterocycles. The third-order valence-electron chi connectivity index (χ3n) is 2.81. The van der Waals surface area contributed by atoms with Gasteiger partial charge >= 0.3 is 5.97 Å². The molecule has 0 bridgehead atoms. The van der Waals surface area contributed by atoms with E-state index in [4.69, 9.17) is 27.9 Å². The molecule has 106 valence electrons. The second-order valence-electron chi connectivity index (χ2n) is 4.33. The minimum atomic E-state index is -0.656. The molecule has 20 heavy (non-hydrogen) atoms. The van der Waals surface area contributed by atoms with Gasteiger partial charge in [-0.3, -0.25) is 4.99 Å². The van der Waals surface area contributed by atoms with Gasteiger partial charge in [0.25, 0.3) is 0 Å². The highest BCUT2D eigenvalue weighted by Gasteiger charge is 2.31. The van der Waals surface area contributed by atoms with Crippen LogP contribution in [0.25, 0.3) is 0 Å². The first-order valence-corrected chi connectivity index (χ1v) is 7.15. The van der Waals surface area contributed by atoms with Crippen LogP contribution in [-0.2, 0) is 9.53 Å². The molecule has 0 spiro atoms. The standard InChI is InChI=1S/C14H14Cl2N2O2/c1-9(17-8-2-7-15)12-14(19)20-13(18-12)10-3-5-11(16)6-4-10/h3-6,12H,2,7-8H2,1H3. The number of benzene rings is 1. The number of alkyl halides is 1. The number of rotatable bonds is 5. The summed E-state index contributed by atoms with van der Waals surface area (Å²) in [5.41, 5.74) is 1.36. The van der Waals surface area contributed by atoms with Crippen LogP contribution in [0, 0.1) is 0 Å². The van der Waals surface area contributed by atoms with E-state index in [2.05, 4.69) is 9.98 Å². The molecule has 1 aromatic carbocycles. The number of ether oxygens (including phenoxy) is 1. The third kappa shape index (κ3) is 3.58. The Morgan fingerprint density at radius 3 is 2.75 bits per heavy atom. The maximum atomic E-state index is 11.8. The van der Waals surface area contributed by atoms with Gasteiger partial charge in [-0.1, -0.05) is 11.6 Å². The number of hydrogen-bond acceptors (Lipinski definition) is 4. The number of hydrogen-bond donors (Lipinski definition) is 0. The fourth-order valence-electron chi connectivity index (χ4n) is 1.74. The summed E-state index contributed by atoms with van der Waals surface area (Å²) in [6.07, 6.45) is 0.772. The van der Waals surface area contributed by atoms with Crippen molar-refractivity contribution >= 4 is 40.8 Å². The van der Waals surface area contributed by atoms with Gasteiger partial charge < -0.3 is 4.74 Å². The number of aliphatic imine (C=N–C) groups is 2. The smallest absolute Gasteiger partial charge is 0.343 e. The molecule has 6 heteroatoms. The van der Waals surface area contributed by atoms with Crippen molar-refractivity contribution in [3.05, 3.63) is 34.9 Å². The number of esters is 1. The summed E-state index contributed by atoms with van der Waals surface area (Å²) in [6.45, 7) is 2.36. The van der Waals surface area contributed by atoms with Crippen molar-refractivity contribution < 1.29 is 9.53 Å². The summed E-state index contributed by atoms with van der Waals surface area (Å²) in [5, 5.41) is 0.619. The van der Waals surface area contributed by atoms with Crippen molar-refractivity contribution in [3.63, 3.8) is 0 Å². The lowest BCUT2D eigenvalue weighted by Crippen LogP contribution is -2.23. The van der Waals surface area contributed by atoms with E-state index in [1.54, 1.807) is 31.2 Å². The van der Waals surface area contributed by atoms with Gasteiger partial charge in [-0.25, -0.2) is 9.79 Å². The van der Waals surface area contributed by atoms with Crippen LogP contribution in [0.4, 0.5) is 0 Å². The van der Waals surface area contributed by atoms with Crippen molar-refractivity contribution in [2.75, 3.05) is 12.4 Å². The van der Waals surface area contributed by atoms with Crippen LogP contribution < -0.4 is 0 Å². The number of cyclic esters (lactones) is 1. The lowest BCUT2D eigenvalue weighted by molar-refractivity contribution is -0.133. The van der Waals surface area contributed by atoms with E-state index < -0.39 is 12.0 Å². The number of carbonyl (C=O) groups is 1. The van der Waals surface area contributed by atoms with E-state index in [1.807, 2.05) is 0 Å². The molecule has 1 aliphatic rings. The fraction of sp³-hybridized carbons (Fsp3) is 0.357. The Kier molecular flexibility index (Phi) is 5.15. The molecule has 0 amide bonds. The molecule has 0 aromatic heterocycles. The monoisotopic (exact) mass is 312 g/mol. The van der Waals surface area contributed by atoms with Gasteiger partial charge in [0.15, 0.2) is 6.04 Å². The molecular weight excluding hydrogens is 299 g/mol. The Labute approximate surface area is 127 Å². The number of halogens is 2. The van der Waals surface area contributed by atoms with Crippen LogP contribution in [0.1, 0.15) is 18.9 Å². The molecule has 2 rings (SSSR count). The molecular formula is C14H14Cl2N2O2. The van der Waals surface area contributed by atoms with Crippen LogP contribution >= 0.6 is 23.2 Å². The van der Waals surface area contributed by atoms with E-state index in [1.165, 1.54) is 0 Å². The van der Waals surface area contributed by atoms with Crippen molar-refractivity contribution in [2.24, 2.45) is 9.98 Å². The first-order valence-electron chi connectivity index (χ1n) is 6.24. The molecule has 0 fully saturated rings. The summed E-state index contributed by atoms with van der Waals surface area (Å²) in [7, 11) is 0. The molecule has 1 atom stereocenters. The van der Waals surface area contributed by atoms with Gasteiger partial charge in [0.05, 0.1) is 0 Å². The first-order chi connectivity index (χ1) is 9.61. The molecule has 1 heterocycles. The number of nitrogens with zero attached hydrogens (tertiary/aromatic N) is 2. The van der Waals surface area contributed by atoms with E-state index in [9.17, 15) is 4.79 Å². The van der Waals surface area contributed by atoms with Crippen LogP contribution in [0.2, 0.25) is 5.02 Å². The Morgan fingerprint density at radius 2 is 2.10 bits per heavy atom. The zero-order valence-corrected chi connectivity index (χ0v) is 12.5. The highest BCUT2D eigenvalue weighted by atomic mass is 35.5. The topological polar surface area (TPSA) is 51.0 Å². The van der Waals surface area contributed by atoms with Gasteiger partial charge in [-0.2, -0.15) is 0 Å². The zero-order valence-electron chi connectivity index (χ0n) is 11.0. The minimum absolute atomic E-state index is 0.309. The summed E-state index contributed by atoms with van der Waals surface area (Å²) >= 11 is 11.4. The average Bonchev–Trinajstić information content (AvgIpc) is 2.82. The quantitative estimate of drug-likeness (QED) is 0.363. The van der Waals surface area contributed by atoms with Crippen molar-refractivity contribution in [1.29, 1.82) is 0 Å². The van der Waals surface area contributed by atoms with Gasteiger partial charge in [0, 0.05) is 28.7 Å². The van der Waals surface area contributed by atoms with Gasteiger partial charge in [0.1, 0.15) is 0 Å². The maximum absolute atomic E-state index is 11.8. The first kappa shape index (κ1) is 15.0. The largest absolute Gasteiger partial charge is 0.405 e. The average molecular weight is 313 g/mol. The molecule has 0 saturated carbocycles. The molecule has 0 radical (unpaired) electrons. The molecule has 1 unspecified atom stereocenters. The fourth-order valence-corrected chi connectivity index (χ4v) is 1.98. The van der Waals surface area contributed by atoms with Crippen LogP contribution in [-0.4, -0.2) is 36.0 Å². The third-order valence-corrected chi connectivity index (χ3v) is 3.33. The summed E-state index contributed by atoms with van der Waals surface area (Å²) < 4.78 is 5.19. The lowest BCUT2D eigenvalue weighted by atomic mass is 10.2. The molecule has 1 aliphatic heterocycles. The molecule has 1 aromatic rings. The highest BCUT2D eigenvalue weighted by molar-refractivity contribution is 6.30. The van der Waals surface area contributed by atoms with Gasteiger partial charge in [-0.15, -0.1) is 11.6 Å². The Bertz CT molecular complexity index is 553. The highest BCUT2D eigenvalue weighted by Crippen LogP contribution is 2.17. The molecule has 0 N–H and O–H groups in total. The molecule has 4 nitrogen and oxygen atoms in total. The summed E-state index contributed by atoms with van der Waals surface area (Å²) in [6, 6.07) is 6.31. The minimum Gasteiger partial charge on any atom is -0.405 e. The van der Waals surface area contributed by atoms with E-state index in [-0.39, 0.29) is 0 Å². The van der Waals surface area contributed by atoms with Crippen LogP contribution in [0.3, 0.4) is 0 Å². The predicted octanol–water partition coefficient (Wildman–Crippen LogP) is 3.10. The van der Waals surface area contributed by atoms with Crippen molar-refractivity contribution in [1.82, 2.24) is 0 Å². The van der Waals surface area contributed by atoms with E-state index in [0.717, 1.165) is 12.0 Å². The zero-order chi connectivity index (χ0) is 14.5. The Morgan fingerprint density at radius 1 is 1.40 bits per heavy atom. The van der Waals surface area contributed by atoms with E-state index in [0.29, 0.717) is 29.1 Å². The molecule has 0 aliphatic carbocycles. The maximum Gasteiger partial charge on any atom is 0.343 e. The predicted molar refractivity (Wildman–Crippen MR) is 81.2 cm³/mol. The van der Waals surface area contributed by atoms with E-state index >= 15 is 0 Å². The van der Waals surface area contributed by atoms with Gasteiger partial charge in [-0.05, 0) is 37.6 Å². The normalized spacial score (nSPS) is 18.9.